The fourth-order valence-electron chi connectivity index (χ4n) is 1.93. The van der Waals surface area contributed by atoms with Gasteiger partial charge in [-0.05, 0) is 43.7 Å². The molecule has 0 aliphatic heterocycles. The van der Waals surface area contributed by atoms with Crippen LogP contribution in [0.1, 0.15) is 25.3 Å². The Balaban J connectivity index is 1.92. The molecule has 134 valence electrons. The van der Waals surface area contributed by atoms with Crippen LogP contribution in [0.2, 0.25) is 0 Å². The molecule has 1 aromatic heterocycles. The van der Waals surface area contributed by atoms with Crippen LogP contribution in [0.3, 0.4) is 0 Å². The topological polar surface area (TPSA) is 68.7 Å². The normalized spacial score (nSPS) is 12.5. The zero-order valence-corrected chi connectivity index (χ0v) is 13.3. The van der Waals surface area contributed by atoms with Gasteiger partial charge in [-0.15, -0.1) is 0 Å². The van der Waals surface area contributed by atoms with E-state index < -0.39 is 17.7 Å². The van der Waals surface area contributed by atoms with E-state index in [4.69, 9.17) is 14.6 Å². The number of hydrogen-bond donors (Lipinski definition) is 1. The summed E-state index contributed by atoms with van der Waals surface area (Å²) in [5.41, 5.74) is -0.848. The molecule has 2 aromatic rings. The molecule has 0 saturated carbocycles. The molecule has 0 aliphatic rings. The Kier molecular flexibility index (Phi) is 5.84. The van der Waals surface area contributed by atoms with Gasteiger partial charge in [0.2, 0.25) is 5.88 Å². The lowest BCUT2D eigenvalue weighted by atomic mass is 10.2. The van der Waals surface area contributed by atoms with Crippen molar-refractivity contribution < 1.29 is 32.5 Å². The summed E-state index contributed by atoms with van der Waals surface area (Å²) in [4.78, 5) is 14.1. The third kappa shape index (κ3) is 5.98. The highest BCUT2D eigenvalue weighted by atomic mass is 19.4. The Bertz CT molecular complexity index is 699. The molecule has 0 bridgehead atoms. The number of carboxylic acid groups (broad SMARTS) is 1. The number of nitrogens with zero attached hydrogens (tertiary/aromatic N) is 1. The van der Waals surface area contributed by atoms with E-state index >= 15 is 0 Å². The van der Waals surface area contributed by atoms with E-state index in [0.717, 1.165) is 12.1 Å². The molecule has 0 fully saturated rings. The monoisotopic (exact) mass is 355 g/mol. The van der Waals surface area contributed by atoms with E-state index in [0.29, 0.717) is 24.1 Å². The first-order valence-corrected chi connectivity index (χ1v) is 7.43. The maximum absolute atomic E-state index is 12.5. The molecule has 1 N–H and O–H groups in total. The van der Waals surface area contributed by atoms with Crippen LogP contribution in [0, 0.1) is 0 Å². The smallest absolute Gasteiger partial charge is 0.417 e. The summed E-state index contributed by atoms with van der Waals surface area (Å²) >= 11 is 0. The Morgan fingerprint density at radius 1 is 1.16 bits per heavy atom. The van der Waals surface area contributed by atoms with Crippen molar-refractivity contribution in [3.8, 4) is 17.4 Å². The van der Waals surface area contributed by atoms with Gasteiger partial charge in [0.25, 0.3) is 0 Å². The van der Waals surface area contributed by atoms with Gasteiger partial charge in [0.05, 0.1) is 11.7 Å². The SMILES string of the molecule is CC(CCC(=O)O)Oc1ccc(Oc2ccc(C(F)(F)F)cn2)cc1. The summed E-state index contributed by atoms with van der Waals surface area (Å²) < 4.78 is 48.3. The summed E-state index contributed by atoms with van der Waals surface area (Å²) in [5.74, 6) is 0.0724. The molecule has 0 amide bonds. The third-order valence-corrected chi connectivity index (χ3v) is 3.21. The number of halogens is 3. The van der Waals surface area contributed by atoms with E-state index in [1.165, 1.54) is 0 Å². The highest BCUT2D eigenvalue weighted by Gasteiger charge is 2.30. The zero-order chi connectivity index (χ0) is 18.4. The van der Waals surface area contributed by atoms with Crippen molar-refractivity contribution in [2.45, 2.75) is 32.0 Å². The summed E-state index contributed by atoms with van der Waals surface area (Å²) in [6.07, 6.45) is -3.61. The second-order valence-corrected chi connectivity index (χ2v) is 5.32. The molecule has 1 aromatic carbocycles. The number of rotatable bonds is 7. The van der Waals surface area contributed by atoms with Gasteiger partial charge in [-0.3, -0.25) is 4.79 Å². The second-order valence-electron chi connectivity index (χ2n) is 5.32. The number of benzene rings is 1. The van der Waals surface area contributed by atoms with E-state index in [1.807, 2.05) is 0 Å². The van der Waals surface area contributed by atoms with E-state index in [1.54, 1.807) is 31.2 Å². The van der Waals surface area contributed by atoms with E-state index in [-0.39, 0.29) is 18.4 Å². The van der Waals surface area contributed by atoms with Gasteiger partial charge in [-0.1, -0.05) is 0 Å². The quantitative estimate of drug-likeness (QED) is 0.791. The second kappa shape index (κ2) is 7.87. The fraction of sp³-hybridized carbons (Fsp3) is 0.294. The van der Waals surface area contributed by atoms with E-state index in [2.05, 4.69) is 4.98 Å². The third-order valence-electron chi connectivity index (χ3n) is 3.21. The molecule has 2 rings (SSSR count). The number of aromatic nitrogens is 1. The van der Waals surface area contributed by atoms with Crippen LogP contribution in [-0.4, -0.2) is 22.2 Å². The maximum Gasteiger partial charge on any atom is 0.417 e. The van der Waals surface area contributed by atoms with Gasteiger partial charge in [0.1, 0.15) is 11.5 Å². The number of carboxylic acids is 1. The highest BCUT2D eigenvalue weighted by Crippen LogP contribution is 2.30. The van der Waals surface area contributed by atoms with Crippen LogP contribution in [0.4, 0.5) is 13.2 Å². The lowest BCUT2D eigenvalue weighted by Gasteiger charge is -2.14. The number of hydrogen-bond acceptors (Lipinski definition) is 4. The predicted molar refractivity (Wildman–Crippen MR) is 82.7 cm³/mol. The minimum absolute atomic E-state index is 0.0158. The first-order chi connectivity index (χ1) is 11.7. The molecule has 1 atom stereocenters. The lowest BCUT2D eigenvalue weighted by molar-refractivity contribution is -0.138. The molecular weight excluding hydrogens is 339 g/mol. The number of carbonyl (C=O) groups is 1. The number of pyridine rings is 1. The van der Waals surface area contributed by atoms with Crippen molar-refractivity contribution in [3.05, 3.63) is 48.2 Å². The van der Waals surface area contributed by atoms with Gasteiger partial charge < -0.3 is 14.6 Å². The molecule has 0 aliphatic carbocycles. The first kappa shape index (κ1) is 18.6. The van der Waals surface area contributed by atoms with Crippen molar-refractivity contribution in [2.75, 3.05) is 0 Å². The Hall–Kier alpha value is -2.77. The van der Waals surface area contributed by atoms with Crippen LogP contribution in [0.15, 0.2) is 42.6 Å². The van der Waals surface area contributed by atoms with E-state index in [9.17, 15) is 18.0 Å². The predicted octanol–water partition coefficient (Wildman–Crippen LogP) is 4.52. The van der Waals surface area contributed by atoms with Crippen molar-refractivity contribution in [1.82, 2.24) is 4.98 Å². The Labute approximate surface area is 142 Å². The van der Waals surface area contributed by atoms with Crippen molar-refractivity contribution in [3.63, 3.8) is 0 Å². The van der Waals surface area contributed by atoms with Crippen LogP contribution in [0.5, 0.6) is 17.4 Å². The van der Waals surface area contributed by atoms with Crippen molar-refractivity contribution in [1.29, 1.82) is 0 Å². The van der Waals surface area contributed by atoms with Gasteiger partial charge in [-0.2, -0.15) is 13.2 Å². The molecule has 1 heterocycles. The summed E-state index contributed by atoms with van der Waals surface area (Å²) in [5, 5.41) is 8.63. The van der Waals surface area contributed by atoms with Crippen LogP contribution in [-0.2, 0) is 11.0 Å². The summed E-state index contributed by atoms with van der Waals surface area (Å²) in [6.45, 7) is 1.76. The number of ether oxygens (including phenoxy) is 2. The average molecular weight is 355 g/mol. The average Bonchev–Trinajstić information content (AvgIpc) is 2.54. The first-order valence-electron chi connectivity index (χ1n) is 7.43. The molecule has 1 unspecified atom stereocenters. The largest absolute Gasteiger partial charge is 0.491 e. The van der Waals surface area contributed by atoms with Gasteiger partial charge in [0.15, 0.2) is 0 Å². The van der Waals surface area contributed by atoms with Crippen LogP contribution < -0.4 is 9.47 Å². The van der Waals surface area contributed by atoms with Crippen LogP contribution in [0.25, 0.3) is 0 Å². The zero-order valence-electron chi connectivity index (χ0n) is 13.3. The molecule has 8 heteroatoms. The highest BCUT2D eigenvalue weighted by molar-refractivity contribution is 5.66. The van der Waals surface area contributed by atoms with Gasteiger partial charge in [-0.25, -0.2) is 4.98 Å². The Morgan fingerprint density at radius 3 is 2.32 bits per heavy atom. The molecule has 25 heavy (non-hydrogen) atoms. The molecule has 0 radical (unpaired) electrons. The molecule has 5 nitrogen and oxygen atoms in total. The minimum Gasteiger partial charge on any atom is -0.491 e. The Morgan fingerprint density at radius 2 is 1.80 bits per heavy atom. The fourth-order valence-corrected chi connectivity index (χ4v) is 1.93. The van der Waals surface area contributed by atoms with Crippen molar-refractivity contribution in [2.24, 2.45) is 0 Å². The van der Waals surface area contributed by atoms with Gasteiger partial charge in [0, 0.05) is 18.7 Å². The molecule has 0 spiro atoms. The number of alkyl halides is 3. The minimum atomic E-state index is -4.44. The van der Waals surface area contributed by atoms with Crippen molar-refractivity contribution >= 4 is 5.97 Å². The van der Waals surface area contributed by atoms with Crippen LogP contribution >= 0.6 is 0 Å². The molecular formula is C17H16F3NO4. The van der Waals surface area contributed by atoms with Gasteiger partial charge >= 0.3 is 12.1 Å². The maximum atomic E-state index is 12.5. The number of aliphatic carboxylic acids is 1. The lowest BCUT2D eigenvalue weighted by Crippen LogP contribution is -2.13. The summed E-state index contributed by atoms with van der Waals surface area (Å²) in [7, 11) is 0. The summed E-state index contributed by atoms with van der Waals surface area (Å²) in [6, 6.07) is 8.44. The standard InChI is InChI=1S/C17H16F3NO4/c1-11(2-9-16(22)23)24-13-4-6-14(7-5-13)25-15-8-3-12(10-21-15)17(18,19)20/h3-8,10-11H,2,9H2,1H3,(H,22,23). The molecule has 0 saturated heterocycles.